The third-order valence-electron chi connectivity index (χ3n) is 6.02. The van der Waals surface area contributed by atoms with E-state index in [4.69, 9.17) is 10.4 Å². The topological polar surface area (TPSA) is 110 Å². The van der Waals surface area contributed by atoms with Crippen LogP contribution in [0.15, 0.2) is 47.4 Å². The van der Waals surface area contributed by atoms with Crippen molar-refractivity contribution < 1.29 is 45.8 Å². The van der Waals surface area contributed by atoms with Crippen LogP contribution < -0.4 is 5.32 Å². The van der Waals surface area contributed by atoms with Crippen molar-refractivity contribution in [2.75, 3.05) is 11.6 Å². The first-order valence-electron chi connectivity index (χ1n) is 10.8. The number of thioether (sulfide) groups is 1. The van der Waals surface area contributed by atoms with Crippen molar-refractivity contribution >= 4 is 35.2 Å². The predicted octanol–water partition coefficient (Wildman–Crippen LogP) is 5.18. The molecular formula is C24H19F6N3O4S. The second kappa shape index (κ2) is 10.6. The number of carbonyl (C=O) groups is 3. The molecule has 14 heteroatoms. The molecule has 1 unspecified atom stereocenters. The van der Waals surface area contributed by atoms with Crippen LogP contribution in [0.1, 0.15) is 35.6 Å². The van der Waals surface area contributed by atoms with Gasteiger partial charge in [0, 0.05) is 23.5 Å². The number of nitriles is 1. The molecule has 2 aromatic carbocycles. The molecule has 0 bridgehead atoms. The molecule has 0 fully saturated rings. The summed E-state index contributed by atoms with van der Waals surface area (Å²) in [6, 6.07) is 6.70. The van der Waals surface area contributed by atoms with E-state index in [1.54, 1.807) is 18.2 Å². The molecule has 2 N–H and O–H groups in total. The van der Waals surface area contributed by atoms with Crippen molar-refractivity contribution in [1.29, 1.82) is 5.26 Å². The number of benzene rings is 2. The highest BCUT2D eigenvalue weighted by molar-refractivity contribution is 7.98. The number of hydrogen-bond donors (Lipinski definition) is 2. The summed E-state index contributed by atoms with van der Waals surface area (Å²) in [6.45, 7) is 0.00106. The van der Waals surface area contributed by atoms with Gasteiger partial charge in [-0.1, -0.05) is 18.2 Å². The summed E-state index contributed by atoms with van der Waals surface area (Å²) in [5.74, 6) is -2.65. The lowest BCUT2D eigenvalue weighted by molar-refractivity contribution is -0.283. The van der Waals surface area contributed by atoms with Crippen molar-refractivity contribution in [3.8, 4) is 6.07 Å². The Labute approximate surface area is 216 Å². The normalized spacial score (nSPS) is 15.5. The lowest BCUT2D eigenvalue weighted by Gasteiger charge is -2.31. The lowest BCUT2D eigenvalue weighted by Crippen LogP contribution is -2.52. The molecule has 1 atom stereocenters. The van der Waals surface area contributed by atoms with Gasteiger partial charge in [0.1, 0.15) is 6.04 Å². The Morgan fingerprint density at radius 2 is 1.66 bits per heavy atom. The smallest absolute Gasteiger partial charge is 0.420 e. The van der Waals surface area contributed by atoms with Crippen LogP contribution >= 0.6 is 11.8 Å². The first kappa shape index (κ1) is 28.8. The number of carboxylic acid groups (broad SMARTS) is 1. The maximum absolute atomic E-state index is 13.4. The number of carbonyl (C=O) groups excluding carboxylic acids is 2. The average Bonchev–Trinajstić information content (AvgIpc) is 3.21. The van der Waals surface area contributed by atoms with Crippen molar-refractivity contribution in [1.82, 2.24) is 4.90 Å². The van der Waals surface area contributed by atoms with Gasteiger partial charge in [-0.3, -0.25) is 14.4 Å². The van der Waals surface area contributed by atoms with Gasteiger partial charge in [-0.15, -0.1) is 11.8 Å². The van der Waals surface area contributed by atoms with Crippen LogP contribution in [0.5, 0.6) is 0 Å². The second-order valence-corrected chi connectivity index (χ2v) is 9.19. The quantitative estimate of drug-likeness (QED) is 0.357. The summed E-state index contributed by atoms with van der Waals surface area (Å²) in [7, 11) is 0. The number of nitrogens with zero attached hydrogens (tertiary/aromatic N) is 2. The molecule has 2 aromatic rings. The van der Waals surface area contributed by atoms with Gasteiger partial charge >= 0.3 is 18.3 Å². The van der Waals surface area contributed by atoms with Crippen LogP contribution in [-0.2, 0) is 26.3 Å². The summed E-state index contributed by atoms with van der Waals surface area (Å²) in [5.41, 5.74) is -5.25. The molecule has 1 heterocycles. The Kier molecular flexibility index (Phi) is 8.02. The molecule has 0 spiro atoms. The van der Waals surface area contributed by atoms with Gasteiger partial charge in [0.2, 0.25) is 5.91 Å². The zero-order valence-electron chi connectivity index (χ0n) is 19.5. The number of alkyl halides is 6. The Morgan fingerprint density at radius 1 is 1.05 bits per heavy atom. The fraction of sp³-hybridized carbons (Fsp3) is 0.333. The number of aliphatic carboxylic acids is 1. The molecule has 2 amide bonds. The summed E-state index contributed by atoms with van der Waals surface area (Å²) in [6.07, 6.45) is -11.0. The van der Waals surface area contributed by atoms with E-state index in [2.05, 4.69) is 5.32 Å². The zero-order chi connectivity index (χ0) is 28.5. The maximum Gasteiger partial charge on any atom is 0.420 e. The summed E-state index contributed by atoms with van der Waals surface area (Å²) in [5, 5.41) is 20.2. The number of rotatable bonds is 7. The molecule has 1 aliphatic heterocycles. The van der Waals surface area contributed by atoms with Crippen LogP contribution in [0, 0.1) is 11.3 Å². The molecule has 0 aromatic heterocycles. The van der Waals surface area contributed by atoms with E-state index in [0.717, 1.165) is 21.9 Å². The number of halogens is 6. The van der Waals surface area contributed by atoms with Crippen LogP contribution in [-0.4, -0.2) is 46.4 Å². The summed E-state index contributed by atoms with van der Waals surface area (Å²) in [4.78, 5) is 38.9. The predicted molar refractivity (Wildman–Crippen MR) is 123 cm³/mol. The number of anilines is 1. The van der Waals surface area contributed by atoms with Crippen LogP contribution in [0.25, 0.3) is 0 Å². The summed E-state index contributed by atoms with van der Waals surface area (Å²) >= 11 is 1.41. The van der Waals surface area contributed by atoms with Crippen LogP contribution in [0.4, 0.5) is 32.0 Å². The monoisotopic (exact) mass is 559 g/mol. The molecule has 0 aliphatic carbocycles. The van der Waals surface area contributed by atoms with E-state index in [0.29, 0.717) is 29.3 Å². The van der Waals surface area contributed by atoms with Crippen LogP contribution in [0.2, 0.25) is 0 Å². The Bertz CT molecular complexity index is 1270. The van der Waals surface area contributed by atoms with Crippen molar-refractivity contribution in [3.63, 3.8) is 0 Å². The highest BCUT2D eigenvalue weighted by Crippen LogP contribution is 2.51. The Balaban J connectivity index is 1.92. The van der Waals surface area contributed by atoms with Crippen LogP contribution in [0.3, 0.4) is 0 Å². The maximum atomic E-state index is 13.4. The molecule has 202 valence electrons. The first-order chi connectivity index (χ1) is 17.7. The van der Waals surface area contributed by atoms with Crippen molar-refractivity contribution in [3.05, 3.63) is 59.2 Å². The SMILES string of the molecule is CSc1ccc2c(c1)CN(C(=O)CCC(=O)O)C2C(=O)Nc1ccc(C(C#N)(C(F)(F)F)C(F)(F)F)cc1. The van der Waals surface area contributed by atoms with Gasteiger partial charge in [0.05, 0.1) is 12.5 Å². The van der Waals surface area contributed by atoms with Gasteiger partial charge in [0.25, 0.3) is 11.3 Å². The standard InChI is InChI=1S/C24H19F6N3O4S/c1-38-16-6-7-17-13(10-16)11-33(18(34)8-9-19(35)36)20(17)21(37)32-15-4-2-14(3-5-15)22(12-31,23(25,26)27)24(28,29)30/h2-7,10,20H,8-9,11H2,1H3,(H,32,37)(H,35,36). The Morgan fingerprint density at radius 3 is 2.16 bits per heavy atom. The van der Waals surface area contributed by atoms with E-state index in [9.17, 15) is 40.7 Å². The minimum Gasteiger partial charge on any atom is -0.481 e. The molecule has 3 rings (SSSR count). The molecule has 1 aliphatic rings. The second-order valence-electron chi connectivity index (χ2n) is 8.31. The van der Waals surface area contributed by atoms with Gasteiger partial charge in [-0.2, -0.15) is 31.6 Å². The molecular weight excluding hydrogens is 540 g/mol. The highest BCUT2D eigenvalue weighted by atomic mass is 32.2. The third-order valence-corrected chi connectivity index (χ3v) is 6.75. The molecule has 0 saturated carbocycles. The number of amides is 2. The number of carboxylic acids is 1. The summed E-state index contributed by atoms with van der Waals surface area (Å²) < 4.78 is 80.5. The van der Waals surface area contributed by atoms with Gasteiger partial charge < -0.3 is 15.3 Å². The van der Waals surface area contributed by atoms with Crippen molar-refractivity contribution in [2.24, 2.45) is 0 Å². The average molecular weight is 559 g/mol. The number of nitrogens with one attached hydrogen (secondary N) is 1. The van der Waals surface area contributed by atoms with Gasteiger partial charge in [0.15, 0.2) is 0 Å². The third kappa shape index (κ3) is 5.28. The largest absolute Gasteiger partial charge is 0.481 e. The lowest BCUT2D eigenvalue weighted by atomic mass is 9.80. The molecule has 0 saturated heterocycles. The minimum absolute atomic E-state index is 0.00106. The molecule has 38 heavy (non-hydrogen) atoms. The zero-order valence-corrected chi connectivity index (χ0v) is 20.3. The number of hydrogen-bond acceptors (Lipinski definition) is 5. The Hall–Kier alpha value is -3.73. The van der Waals surface area contributed by atoms with E-state index in [-0.39, 0.29) is 18.7 Å². The fourth-order valence-electron chi connectivity index (χ4n) is 4.12. The number of fused-ring (bicyclic) bond motifs is 1. The first-order valence-corrected chi connectivity index (χ1v) is 12.0. The minimum atomic E-state index is -5.97. The van der Waals surface area contributed by atoms with E-state index < -0.39 is 53.6 Å². The molecule has 7 nitrogen and oxygen atoms in total. The van der Waals surface area contributed by atoms with Crippen molar-refractivity contribution in [2.45, 2.75) is 48.1 Å². The van der Waals surface area contributed by atoms with Gasteiger partial charge in [-0.25, -0.2) is 0 Å². The fourth-order valence-corrected chi connectivity index (χ4v) is 4.59. The van der Waals surface area contributed by atoms with E-state index in [1.807, 2.05) is 6.26 Å². The van der Waals surface area contributed by atoms with E-state index >= 15 is 0 Å². The molecule has 0 radical (unpaired) electrons. The highest BCUT2D eigenvalue weighted by Gasteiger charge is 2.72. The van der Waals surface area contributed by atoms with Gasteiger partial charge in [-0.05, 0) is 47.2 Å². The van der Waals surface area contributed by atoms with E-state index in [1.165, 1.54) is 11.8 Å².